The molecule has 0 aromatic carbocycles. The van der Waals surface area contributed by atoms with Crippen LogP contribution < -0.4 is 0 Å². The number of ether oxygens (including phenoxy) is 1. The highest BCUT2D eigenvalue weighted by Crippen LogP contribution is 2.23. The second-order valence-electron chi connectivity index (χ2n) is 12.3. The molecule has 0 amide bonds. The molecular weight excluding hydrogens is 580 g/mol. The Balaban J connectivity index is 3.08. The van der Waals surface area contributed by atoms with Crippen molar-refractivity contribution in [2.45, 2.75) is 146 Å². The third-order valence-electron chi connectivity index (χ3n) is 7.96. The molecule has 0 radical (unpaired) electrons. The highest BCUT2D eigenvalue weighted by molar-refractivity contribution is 5.73. The molecule has 8 N–H and O–H groups in total. The van der Waals surface area contributed by atoms with E-state index in [2.05, 4.69) is 6.92 Å². The first-order chi connectivity index (χ1) is 21.3. The normalized spacial score (nSPS) is 38.5. The maximum Gasteiger partial charge on any atom is 0.311 e. The van der Waals surface area contributed by atoms with Gasteiger partial charge in [-0.3, -0.25) is 4.79 Å². The molecule has 10 nitrogen and oxygen atoms in total. The van der Waals surface area contributed by atoms with Crippen LogP contribution in [0.2, 0.25) is 0 Å². The number of cyclic esters (lactones) is 1. The van der Waals surface area contributed by atoms with Gasteiger partial charge in [0.2, 0.25) is 0 Å². The zero-order valence-corrected chi connectivity index (χ0v) is 27.1. The number of rotatable bonds is 5. The van der Waals surface area contributed by atoms with Crippen molar-refractivity contribution in [1.29, 1.82) is 0 Å². The number of carbonyl (C=O) groups excluding carboxylic acids is 1. The number of unbranched alkanes of at least 4 members (excludes halogenated alkanes) is 3. The van der Waals surface area contributed by atoms with E-state index in [0.29, 0.717) is 18.4 Å². The van der Waals surface area contributed by atoms with Crippen LogP contribution in [-0.2, 0) is 9.53 Å². The molecule has 0 aliphatic carbocycles. The van der Waals surface area contributed by atoms with Gasteiger partial charge in [0.1, 0.15) is 12.2 Å². The Bertz CT molecular complexity index is 958. The molecule has 0 unspecified atom stereocenters. The molecule has 0 saturated heterocycles. The first-order valence-corrected chi connectivity index (χ1v) is 16.3. The van der Waals surface area contributed by atoms with Crippen LogP contribution in [0.3, 0.4) is 0 Å². The summed E-state index contributed by atoms with van der Waals surface area (Å²) in [5, 5.41) is 83.9. The van der Waals surface area contributed by atoms with Crippen molar-refractivity contribution in [3.05, 3.63) is 60.3 Å². The second kappa shape index (κ2) is 23.2. The van der Waals surface area contributed by atoms with Crippen molar-refractivity contribution in [3.63, 3.8) is 0 Å². The molecule has 10 atom stereocenters. The molecule has 0 saturated carbocycles. The van der Waals surface area contributed by atoms with Crippen molar-refractivity contribution in [3.8, 4) is 0 Å². The van der Waals surface area contributed by atoms with Gasteiger partial charge >= 0.3 is 5.97 Å². The molecule has 0 fully saturated rings. The van der Waals surface area contributed by atoms with Gasteiger partial charge in [-0.25, -0.2) is 0 Å². The minimum Gasteiger partial charge on any atom is -0.459 e. The molecule has 0 aromatic heterocycles. The summed E-state index contributed by atoms with van der Waals surface area (Å²) in [4.78, 5) is 13.1. The van der Waals surface area contributed by atoms with Crippen molar-refractivity contribution >= 4 is 5.97 Å². The summed E-state index contributed by atoms with van der Waals surface area (Å²) in [7, 11) is 0. The van der Waals surface area contributed by atoms with Gasteiger partial charge in [0, 0.05) is 12.8 Å². The number of carbonyl (C=O) groups is 1. The van der Waals surface area contributed by atoms with Crippen LogP contribution in [0.5, 0.6) is 0 Å². The Morgan fingerprint density at radius 3 is 1.71 bits per heavy atom. The fourth-order valence-corrected chi connectivity index (χ4v) is 5.20. The average molecular weight is 639 g/mol. The van der Waals surface area contributed by atoms with Crippen LogP contribution in [0, 0.1) is 5.92 Å². The smallest absolute Gasteiger partial charge is 0.311 e. The Labute approximate surface area is 268 Å². The summed E-state index contributed by atoms with van der Waals surface area (Å²) in [5.41, 5.74) is 0.623. The quantitative estimate of drug-likeness (QED) is 0.164. The monoisotopic (exact) mass is 638 g/mol. The van der Waals surface area contributed by atoms with Gasteiger partial charge in [0.05, 0.1) is 48.6 Å². The van der Waals surface area contributed by atoms with Gasteiger partial charge in [-0.05, 0) is 51.5 Å². The topological polar surface area (TPSA) is 188 Å². The van der Waals surface area contributed by atoms with E-state index in [1.807, 2.05) is 0 Å². The minimum absolute atomic E-state index is 0.00297. The predicted molar refractivity (Wildman–Crippen MR) is 174 cm³/mol. The first kappa shape index (κ1) is 40.9. The largest absolute Gasteiger partial charge is 0.459 e. The Hall–Kier alpha value is -2.15. The third kappa shape index (κ3) is 18.6. The Kier molecular flexibility index (Phi) is 21.1. The summed E-state index contributed by atoms with van der Waals surface area (Å²) in [6.45, 7) is 5.34. The van der Waals surface area contributed by atoms with Crippen LogP contribution in [0.15, 0.2) is 60.3 Å². The summed E-state index contributed by atoms with van der Waals surface area (Å²) in [6, 6.07) is 0. The first-order valence-electron chi connectivity index (χ1n) is 16.3. The van der Waals surface area contributed by atoms with Crippen LogP contribution >= 0.6 is 0 Å². The Morgan fingerprint density at radius 1 is 0.667 bits per heavy atom. The molecule has 0 spiro atoms. The van der Waals surface area contributed by atoms with Gasteiger partial charge in [0.25, 0.3) is 0 Å². The standard InChI is InChI=1S/C35H58O10/c1-4-5-6-13-16-31-34(43)23-30(40)21-28(38)19-26(36)18-27(37)20-29(39)22-33(42)24(2)15-12-10-8-7-9-11-14-17-32(41)25(3)45-35(31)44/h7-12,14-15,17,25-34,36-43H,4-6,13,16,18-23H2,1-3H3/b8-7+,11-9+,12-10+,17-14+,24-15+/t25-,26+,27-,28+,29-,30+,31-,32+,33+,34+/m1/s1. The fourth-order valence-electron chi connectivity index (χ4n) is 5.20. The molecule has 1 aliphatic heterocycles. The summed E-state index contributed by atoms with van der Waals surface area (Å²) in [5.74, 6) is -1.60. The third-order valence-corrected chi connectivity index (χ3v) is 7.96. The molecule has 45 heavy (non-hydrogen) atoms. The highest BCUT2D eigenvalue weighted by atomic mass is 16.6. The Morgan fingerprint density at radius 2 is 1.16 bits per heavy atom. The molecule has 10 heteroatoms. The number of hydrogen-bond acceptors (Lipinski definition) is 10. The molecular formula is C35H58O10. The maximum atomic E-state index is 13.1. The lowest BCUT2D eigenvalue weighted by molar-refractivity contribution is -0.162. The van der Waals surface area contributed by atoms with Crippen molar-refractivity contribution in [1.82, 2.24) is 0 Å². The predicted octanol–water partition coefficient (Wildman–Crippen LogP) is 2.92. The lowest BCUT2D eigenvalue weighted by Gasteiger charge is -2.27. The summed E-state index contributed by atoms with van der Waals surface area (Å²) < 4.78 is 5.51. The zero-order chi connectivity index (χ0) is 33.8. The molecule has 1 rings (SSSR count). The number of aliphatic hydroxyl groups excluding tert-OH is 8. The number of hydrogen-bond donors (Lipinski definition) is 8. The molecule has 1 aliphatic rings. The van der Waals surface area contributed by atoms with Crippen molar-refractivity contribution < 1.29 is 50.4 Å². The van der Waals surface area contributed by atoms with E-state index in [1.165, 1.54) is 6.08 Å². The van der Waals surface area contributed by atoms with Crippen LogP contribution in [-0.4, -0.2) is 102 Å². The zero-order valence-electron chi connectivity index (χ0n) is 27.1. The lowest BCUT2D eigenvalue weighted by Crippen LogP contribution is -2.37. The molecule has 1 heterocycles. The van der Waals surface area contributed by atoms with Crippen molar-refractivity contribution in [2.75, 3.05) is 0 Å². The van der Waals surface area contributed by atoms with Gasteiger partial charge in [-0.1, -0.05) is 87.3 Å². The number of aliphatic hydroxyl groups is 8. The van der Waals surface area contributed by atoms with Crippen LogP contribution in [0.4, 0.5) is 0 Å². The second-order valence-corrected chi connectivity index (χ2v) is 12.3. The van der Waals surface area contributed by atoms with E-state index in [-0.39, 0.29) is 38.5 Å². The van der Waals surface area contributed by atoms with E-state index >= 15 is 0 Å². The molecule has 258 valence electrons. The van der Waals surface area contributed by atoms with Crippen molar-refractivity contribution in [2.24, 2.45) is 5.92 Å². The summed E-state index contributed by atoms with van der Waals surface area (Å²) in [6.07, 6.45) is 8.77. The minimum atomic E-state index is -1.25. The molecule has 0 bridgehead atoms. The number of allylic oxidation sites excluding steroid dienone is 8. The van der Waals surface area contributed by atoms with E-state index < -0.39 is 66.8 Å². The van der Waals surface area contributed by atoms with Gasteiger partial charge in [-0.2, -0.15) is 0 Å². The fraction of sp³-hybridized carbons (Fsp3) is 0.686. The molecule has 0 aromatic rings. The highest BCUT2D eigenvalue weighted by Gasteiger charge is 2.32. The van der Waals surface area contributed by atoms with Crippen LogP contribution in [0.1, 0.15) is 91.4 Å². The maximum absolute atomic E-state index is 13.1. The average Bonchev–Trinajstić information content (AvgIpc) is 2.94. The van der Waals surface area contributed by atoms with Gasteiger partial charge < -0.3 is 45.6 Å². The number of esters is 1. The van der Waals surface area contributed by atoms with Gasteiger partial charge in [0.15, 0.2) is 0 Å². The van der Waals surface area contributed by atoms with Gasteiger partial charge in [-0.15, -0.1) is 0 Å². The van der Waals surface area contributed by atoms with E-state index in [9.17, 15) is 45.6 Å². The lowest BCUT2D eigenvalue weighted by atomic mass is 9.90. The SMILES string of the molecule is CCCCCC[C@H]1C(=O)O[C@H](C)[C@@H](O)/C=C/C=C/C=C/C=C/C=C(\C)[C@@H](O)C[C@H](O)C[C@H](O)C[C@H](O)C[C@H](O)C[C@H](O)C[C@@H]1O. The van der Waals surface area contributed by atoms with E-state index in [1.54, 1.807) is 62.5 Å². The summed E-state index contributed by atoms with van der Waals surface area (Å²) >= 11 is 0. The van der Waals surface area contributed by atoms with E-state index in [0.717, 1.165) is 19.3 Å². The van der Waals surface area contributed by atoms with E-state index in [4.69, 9.17) is 4.74 Å². The van der Waals surface area contributed by atoms with Crippen LogP contribution in [0.25, 0.3) is 0 Å².